The summed E-state index contributed by atoms with van der Waals surface area (Å²) in [4.78, 5) is 13.9. The van der Waals surface area contributed by atoms with E-state index in [2.05, 4.69) is 4.90 Å². The van der Waals surface area contributed by atoms with Crippen molar-refractivity contribution in [3.8, 4) is 0 Å². The minimum Gasteiger partial charge on any atom is -0.481 e. The number of carboxylic acids is 1. The molecule has 0 aromatic rings. The van der Waals surface area contributed by atoms with E-state index in [0.29, 0.717) is 18.7 Å². The fraction of sp³-hybridized carbons (Fsp3) is 0.929. The standard InChI is InChI=1S/C14H26BNO4/c17-14(18)13-9-11(5-6-15(19)20)3-4-12(13)10-16-7-1-2-8-16/h11-13,19-20H,1-10H2,(H,17,18)/t11?,12?,13-/m0/s1. The number of carboxylic acid groups (broad SMARTS) is 1. The first-order valence-electron chi connectivity index (χ1n) is 7.87. The summed E-state index contributed by atoms with van der Waals surface area (Å²) in [6.07, 6.45) is 6.23. The quantitative estimate of drug-likeness (QED) is 0.635. The molecule has 3 atom stereocenters. The number of likely N-dealkylation sites (tertiary alicyclic amines) is 1. The second kappa shape index (κ2) is 7.43. The summed E-state index contributed by atoms with van der Waals surface area (Å²) < 4.78 is 0. The molecule has 0 radical (unpaired) electrons. The van der Waals surface area contributed by atoms with Gasteiger partial charge in [-0.05, 0) is 56.9 Å². The van der Waals surface area contributed by atoms with Crippen molar-refractivity contribution in [1.29, 1.82) is 0 Å². The molecule has 5 nitrogen and oxygen atoms in total. The Bertz CT molecular complexity index is 320. The molecule has 1 heterocycles. The molecular formula is C14H26BNO4. The lowest BCUT2D eigenvalue weighted by Gasteiger charge is -2.36. The summed E-state index contributed by atoms with van der Waals surface area (Å²) in [6, 6.07) is 0. The third-order valence-electron chi connectivity index (χ3n) is 4.94. The third kappa shape index (κ3) is 4.47. The van der Waals surface area contributed by atoms with Crippen LogP contribution in [0.1, 0.15) is 38.5 Å². The maximum absolute atomic E-state index is 11.5. The summed E-state index contributed by atoms with van der Waals surface area (Å²) in [7, 11) is -1.26. The predicted molar refractivity (Wildman–Crippen MR) is 77.2 cm³/mol. The van der Waals surface area contributed by atoms with Crippen LogP contribution in [0, 0.1) is 17.8 Å². The van der Waals surface area contributed by atoms with Crippen LogP contribution in [0.25, 0.3) is 0 Å². The van der Waals surface area contributed by atoms with Gasteiger partial charge in [0.25, 0.3) is 0 Å². The summed E-state index contributed by atoms with van der Waals surface area (Å²) in [5, 5.41) is 27.3. The van der Waals surface area contributed by atoms with Crippen molar-refractivity contribution >= 4 is 13.1 Å². The Morgan fingerprint density at radius 2 is 1.90 bits per heavy atom. The topological polar surface area (TPSA) is 81.0 Å². The maximum Gasteiger partial charge on any atom is 0.451 e. The zero-order valence-electron chi connectivity index (χ0n) is 12.1. The number of hydrogen-bond acceptors (Lipinski definition) is 4. The number of aliphatic carboxylic acids is 1. The second-order valence-corrected chi connectivity index (χ2v) is 6.45. The zero-order chi connectivity index (χ0) is 14.5. The Labute approximate surface area is 121 Å². The average molecular weight is 283 g/mol. The van der Waals surface area contributed by atoms with Crippen molar-refractivity contribution in [3.63, 3.8) is 0 Å². The SMILES string of the molecule is O=C(O)[C@H]1CC(CCB(O)O)CCC1CN1CCCC1. The average Bonchev–Trinajstić information content (AvgIpc) is 2.90. The van der Waals surface area contributed by atoms with Crippen LogP contribution in [-0.2, 0) is 4.79 Å². The molecule has 0 amide bonds. The van der Waals surface area contributed by atoms with E-state index in [1.807, 2.05) is 0 Å². The van der Waals surface area contributed by atoms with Crippen molar-refractivity contribution in [3.05, 3.63) is 0 Å². The minimum absolute atomic E-state index is 0.259. The highest BCUT2D eigenvalue weighted by atomic mass is 16.4. The maximum atomic E-state index is 11.5. The molecule has 0 aromatic heterocycles. The van der Waals surface area contributed by atoms with Crippen molar-refractivity contribution < 1.29 is 19.9 Å². The molecule has 2 rings (SSSR count). The van der Waals surface area contributed by atoms with Gasteiger partial charge in [0.05, 0.1) is 5.92 Å². The van der Waals surface area contributed by atoms with Crippen LogP contribution >= 0.6 is 0 Å². The van der Waals surface area contributed by atoms with Gasteiger partial charge in [-0.2, -0.15) is 0 Å². The third-order valence-corrected chi connectivity index (χ3v) is 4.94. The van der Waals surface area contributed by atoms with Gasteiger partial charge in [0.1, 0.15) is 0 Å². The van der Waals surface area contributed by atoms with E-state index >= 15 is 0 Å². The van der Waals surface area contributed by atoms with E-state index in [0.717, 1.165) is 38.9 Å². The van der Waals surface area contributed by atoms with Gasteiger partial charge >= 0.3 is 13.1 Å². The predicted octanol–water partition coefficient (Wildman–Crippen LogP) is 1.06. The van der Waals surface area contributed by atoms with E-state index in [1.165, 1.54) is 12.8 Å². The van der Waals surface area contributed by atoms with E-state index in [9.17, 15) is 9.90 Å². The van der Waals surface area contributed by atoms with Crippen molar-refractivity contribution in [2.24, 2.45) is 17.8 Å². The Hall–Kier alpha value is -0.585. The first kappa shape index (κ1) is 15.8. The van der Waals surface area contributed by atoms with E-state index < -0.39 is 13.1 Å². The van der Waals surface area contributed by atoms with Crippen LogP contribution in [0.3, 0.4) is 0 Å². The largest absolute Gasteiger partial charge is 0.481 e. The van der Waals surface area contributed by atoms with Crippen LogP contribution < -0.4 is 0 Å². The zero-order valence-corrected chi connectivity index (χ0v) is 12.1. The molecule has 1 saturated heterocycles. The van der Waals surface area contributed by atoms with Crippen molar-refractivity contribution in [2.75, 3.05) is 19.6 Å². The normalized spacial score (nSPS) is 31.4. The summed E-state index contributed by atoms with van der Waals surface area (Å²) in [6.45, 7) is 3.15. The summed E-state index contributed by atoms with van der Waals surface area (Å²) in [5.41, 5.74) is 0. The van der Waals surface area contributed by atoms with Crippen molar-refractivity contribution in [1.82, 2.24) is 4.90 Å². The van der Waals surface area contributed by atoms with Crippen LogP contribution in [0.5, 0.6) is 0 Å². The van der Waals surface area contributed by atoms with Gasteiger partial charge in [0, 0.05) is 6.54 Å². The minimum atomic E-state index is -1.26. The van der Waals surface area contributed by atoms with E-state index in [-0.39, 0.29) is 11.8 Å². The molecule has 3 N–H and O–H groups in total. The molecule has 1 aliphatic carbocycles. The number of carbonyl (C=O) groups is 1. The molecular weight excluding hydrogens is 257 g/mol. The summed E-state index contributed by atoms with van der Waals surface area (Å²) in [5.74, 6) is -0.345. The Morgan fingerprint density at radius 1 is 1.20 bits per heavy atom. The van der Waals surface area contributed by atoms with Gasteiger partial charge in [-0.15, -0.1) is 0 Å². The Kier molecular flexibility index (Phi) is 5.87. The molecule has 114 valence electrons. The van der Waals surface area contributed by atoms with Gasteiger partial charge < -0.3 is 20.1 Å². The van der Waals surface area contributed by atoms with Crippen LogP contribution in [0.15, 0.2) is 0 Å². The fourth-order valence-electron chi connectivity index (χ4n) is 3.79. The van der Waals surface area contributed by atoms with Crippen molar-refractivity contribution in [2.45, 2.75) is 44.8 Å². The lowest BCUT2D eigenvalue weighted by Crippen LogP contribution is -2.38. The Morgan fingerprint density at radius 3 is 2.50 bits per heavy atom. The lowest BCUT2D eigenvalue weighted by atomic mass is 9.70. The molecule has 20 heavy (non-hydrogen) atoms. The van der Waals surface area contributed by atoms with Crippen LogP contribution in [-0.4, -0.2) is 52.8 Å². The molecule has 1 aliphatic heterocycles. The van der Waals surface area contributed by atoms with E-state index in [4.69, 9.17) is 10.0 Å². The molecule has 2 fully saturated rings. The lowest BCUT2D eigenvalue weighted by molar-refractivity contribution is -0.146. The number of nitrogens with zero attached hydrogens (tertiary/aromatic N) is 1. The molecule has 0 aromatic carbocycles. The van der Waals surface area contributed by atoms with Crippen LogP contribution in [0.4, 0.5) is 0 Å². The Balaban J connectivity index is 1.85. The highest BCUT2D eigenvalue weighted by Gasteiger charge is 2.36. The van der Waals surface area contributed by atoms with E-state index in [1.54, 1.807) is 0 Å². The first-order chi connectivity index (χ1) is 9.56. The molecule has 2 aliphatic rings. The highest BCUT2D eigenvalue weighted by Crippen LogP contribution is 2.37. The molecule has 6 heteroatoms. The second-order valence-electron chi connectivity index (χ2n) is 6.45. The summed E-state index contributed by atoms with van der Waals surface area (Å²) >= 11 is 0. The van der Waals surface area contributed by atoms with Gasteiger partial charge in [-0.1, -0.05) is 12.8 Å². The van der Waals surface area contributed by atoms with Crippen LogP contribution in [0.2, 0.25) is 6.32 Å². The monoisotopic (exact) mass is 283 g/mol. The molecule has 0 spiro atoms. The molecule has 0 bridgehead atoms. The van der Waals surface area contributed by atoms with Gasteiger partial charge in [0.15, 0.2) is 0 Å². The number of hydrogen-bond donors (Lipinski definition) is 3. The van der Waals surface area contributed by atoms with Gasteiger partial charge in [-0.3, -0.25) is 4.79 Å². The first-order valence-corrected chi connectivity index (χ1v) is 7.87. The molecule has 1 saturated carbocycles. The fourth-order valence-corrected chi connectivity index (χ4v) is 3.79. The highest BCUT2D eigenvalue weighted by molar-refractivity contribution is 6.40. The van der Waals surface area contributed by atoms with Gasteiger partial charge in [0.2, 0.25) is 0 Å². The smallest absolute Gasteiger partial charge is 0.451 e. The molecule has 2 unspecified atom stereocenters. The number of rotatable bonds is 6. The van der Waals surface area contributed by atoms with Gasteiger partial charge in [-0.25, -0.2) is 0 Å².